The van der Waals surface area contributed by atoms with Crippen LogP contribution < -0.4 is 10.6 Å². The predicted molar refractivity (Wildman–Crippen MR) is 133 cm³/mol. The lowest BCUT2D eigenvalue weighted by molar-refractivity contribution is -0.151. The molecule has 3 unspecified atom stereocenters. The molecule has 0 spiro atoms. The molecule has 0 heterocycles. The SMILES string of the molecule is C=C(C)C(=O)NCC(C)C(=O)COC(=O)OC(=O)CC(C)C(=O)OC(=O)OCC(=O)C(C)CNC(=O)C(=C)C. The van der Waals surface area contributed by atoms with Crippen molar-refractivity contribution in [1.82, 2.24) is 10.6 Å². The van der Waals surface area contributed by atoms with Gasteiger partial charge < -0.3 is 29.6 Å². The monoisotopic (exact) mass is 554 g/mol. The van der Waals surface area contributed by atoms with Crippen molar-refractivity contribution in [3.8, 4) is 0 Å². The Kier molecular flexibility index (Phi) is 15.3. The van der Waals surface area contributed by atoms with Crippen molar-refractivity contribution in [3.63, 3.8) is 0 Å². The molecular weight excluding hydrogens is 520 g/mol. The van der Waals surface area contributed by atoms with Gasteiger partial charge in [0.15, 0.2) is 24.8 Å². The molecule has 39 heavy (non-hydrogen) atoms. The smallest absolute Gasteiger partial charge is 0.426 e. The second-order valence-electron chi connectivity index (χ2n) is 8.79. The number of hydrogen-bond donors (Lipinski definition) is 2. The summed E-state index contributed by atoms with van der Waals surface area (Å²) in [5.74, 6) is -7.03. The summed E-state index contributed by atoms with van der Waals surface area (Å²) >= 11 is 0. The molecule has 0 aliphatic carbocycles. The third kappa shape index (κ3) is 14.8. The highest BCUT2D eigenvalue weighted by Crippen LogP contribution is 2.08. The molecule has 2 amide bonds. The number of amides is 2. The zero-order chi connectivity index (χ0) is 30.3. The van der Waals surface area contributed by atoms with E-state index in [1.54, 1.807) is 0 Å². The number of ketones is 2. The lowest BCUT2D eigenvalue weighted by atomic mass is 10.1. The molecule has 0 aliphatic rings. The van der Waals surface area contributed by atoms with Gasteiger partial charge in [0.05, 0.1) is 12.3 Å². The summed E-state index contributed by atoms with van der Waals surface area (Å²) in [6.45, 7) is 12.6. The van der Waals surface area contributed by atoms with Gasteiger partial charge in [-0.25, -0.2) is 9.59 Å². The summed E-state index contributed by atoms with van der Waals surface area (Å²) in [6.07, 6.45) is -3.66. The van der Waals surface area contributed by atoms with Gasteiger partial charge in [-0.15, -0.1) is 0 Å². The van der Waals surface area contributed by atoms with Crippen LogP contribution in [0.2, 0.25) is 0 Å². The Hall–Kier alpha value is -4.36. The largest absolute Gasteiger partial charge is 0.516 e. The Balaban J connectivity index is 4.38. The number of carbonyl (C=O) groups is 8. The summed E-state index contributed by atoms with van der Waals surface area (Å²) in [6, 6.07) is 0. The van der Waals surface area contributed by atoms with E-state index in [9.17, 15) is 38.4 Å². The standard InChI is InChI=1S/C25H34N2O12/c1-13(2)21(31)26-9-16(6)18(28)11-36-24(34)38-20(30)8-15(5)23(33)39-25(35)37-12-19(29)17(7)10-27-22(32)14(3)4/h15-17H,1,3,8-12H2,2,4-7H3,(H,26,31)(H,27,32). The zero-order valence-corrected chi connectivity index (χ0v) is 22.6. The molecular formula is C25H34N2O12. The van der Waals surface area contributed by atoms with Gasteiger partial charge in [0.25, 0.3) is 0 Å². The van der Waals surface area contributed by atoms with Crippen LogP contribution in [-0.2, 0) is 47.7 Å². The van der Waals surface area contributed by atoms with Crippen molar-refractivity contribution in [2.45, 2.75) is 41.0 Å². The quantitative estimate of drug-likeness (QED) is 0.167. The predicted octanol–water partition coefficient (Wildman–Crippen LogP) is 1.17. The zero-order valence-electron chi connectivity index (χ0n) is 22.6. The van der Waals surface area contributed by atoms with Gasteiger partial charge in [0.2, 0.25) is 11.8 Å². The van der Waals surface area contributed by atoms with Crippen LogP contribution in [0.25, 0.3) is 0 Å². The van der Waals surface area contributed by atoms with Crippen LogP contribution >= 0.6 is 0 Å². The number of esters is 2. The minimum absolute atomic E-state index is 0.0230. The van der Waals surface area contributed by atoms with E-state index in [1.807, 2.05) is 0 Å². The molecule has 0 aromatic heterocycles. The molecule has 0 aliphatic heterocycles. The second kappa shape index (κ2) is 17.2. The van der Waals surface area contributed by atoms with Crippen LogP contribution in [0, 0.1) is 17.8 Å². The number of nitrogens with one attached hydrogen (secondary N) is 2. The van der Waals surface area contributed by atoms with E-state index in [0.29, 0.717) is 0 Å². The molecule has 2 N–H and O–H groups in total. The number of rotatable bonds is 15. The molecule has 0 radical (unpaired) electrons. The Morgan fingerprint density at radius 1 is 0.641 bits per heavy atom. The lowest BCUT2D eigenvalue weighted by Gasteiger charge is -2.13. The fourth-order valence-electron chi connectivity index (χ4n) is 2.28. The number of hydrogen-bond acceptors (Lipinski definition) is 12. The Morgan fingerprint density at radius 2 is 1.03 bits per heavy atom. The van der Waals surface area contributed by atoms with Gasteiger partial charge >= 0.3 is 24.2 Å². The van der Waals surface area contributed by atoms with Gasteiger partial charge in [0, 0.05) is 36.1 Å². The first kappa shape index (κ1) is 34.6. The van der Waals surface area contributed by atoms with E-state index in [0.717, 1.165) is 0 Å². The molecule has 0 fully saturated rings. The van der Waals surface area contributed by atoms with Crippen LogP contribution in [0.4, 0.5) is 9.59 Å². The average molecular weight is 555 g/mol. The van der Waals surface area contributed by atoms with E-state index in [2.05, 4.69) is 42.7 Å². The van der Waals surface area contributed by atoms with Crippen molar-refractivity contribution >= 4 is 47.6 Å². The Labute approximate surface area is 225 Å². The third-order valence-corrected chi connectivity index (χ3v) is 4.93. The van der Waals surface area contributed by atoms with Crippen LogP contribution in [0.1, 0.15) is 41.0 Å². The third-order valence-electron chi connectivity index (χ3n) is 4.93. The maximum Gasteiger partial charge on any atom is 0.516 e. The molecule has 0 bridgehead atoms. The first-order chi connectivity index (χ1) is 18.0. The van der Waals surface area contributed by atoms with Crippen molar-refractivity contribution in [2.24, 2.45) is 17.8 Å². The van der Waals surface area contributed by atoms with Gasteiger partial charge in [-0.05, 0) is 13.8 Å². The minimum atomic E-state index is -1.49. The van der Waals surface area contributed by atoms with Crippen molar-refractivity contribution in [1.29, 1.82) is 0 Å². The van der Waals surface area contributed by atoms with E-state index in [-0.39, 0.29) is 24.2 Å². The minimum Gasteiger partial charge on any atom is -0.426 e. The summed E-state index contributed by atoms with van der Waals surface area (Å²) in [7, 11) is 0. The van der Waals surface area contributed by atoms with Gasteiger partial charge in [0.1, 0.15) is 0 Å². The fraction of sp³-hybridized carbons (Fsp3) is 0.520. The fourth-order valence-corrected chi connectivity index (χ4v) is 2.28. The maximum absolute atomic E-state index is 12.0. The molecule has 0 saturated carbocycles. The van der Waals surface area contributed by atoms with Gasteiger partial charge in [-0.3, -0.25) is 28.8 Å². The van der Waals surface area contributed by atoms with Crippen molar-refractivity contribution in [2.75, 3.05) is 26.3 Å². The normalized spacial score (nSPS) is 12.4. The highest BCUT2D eigenvalue weighted by atomic mass is 16.7. The molecule has 14 heteroatoms. The van der Waals surface area contributed by atoms with Crippen LogP contribution in [0.5, 0.6) is 0 Å². The number of Topliss-reactive ketones (excluding diaryl/α,β-unsaturated/α-hetero) is 2. The second-order valence-corrected chi connectivity index (χ2v) is 8.79. The first-order valence-electron chi connectivity index (χ1n) is 11.7. The molecule has 216 valence electrons. The first-order valence-corrected chi connectivity index (χ1v) is 11.7. The van der Waals surface area contributed by atoms with Crippen molar-refractivity contribution in [3.05, 3.63) is 24.3 Å². The van der Waals surface area contributed by atoms with Crippen LogP contribution in [-0.4, -0.2) is 73.9 Å². The van der Waals surface area contributed by atoms with E-state index in [4.69, 9.17) is 0 Å². The Morgan fingerprint density at radius 3 is 1.41 bits per heavy atom. The van der Waals surface area contributed by atoms with Gasteiger partial charge in [-0.2, -0.15) is 0 Å². The van der Waals surface area contributed by atoms with Crippen molar-refractivity contribution < 1.29 is 57.3 Å². The molecule has 14 nitrogen and oxygen atoms in total. The number of carbonyl (C=O) groups excluding carboxylic acids is 8. The molecule has 0 aromatic carbocycles. The highest BCUT2D eigenvalue weighted by molar-refractivity contribution is 5.94. The summed E-state index contributed by atoms with van der Waals surface area (Å²) in [5, 5.41) is 4.93. The molecule has 0 saturated heterocycles. The van der Waals surface area contributed by atoms with Gasteiger partial charge in [-0.1, -0.05) is 33.9 Å². The molecule has 0 aromatic rings. The summed E-state index contributed by atoms with van der Waals surface area (Å²) in [5.41, 5.74) is 0.510. The summed E-state index contributed by atoms with van der Waals surface area (Å²) in [4.78, 5) is 94.0. The highest BCUT2D eigenvalue weighted by Gasteiger charge is 2.26. The van der Waals surface area contributed by atoms with E-state index < -0.39 is 85.0 Å². The van der Waals surface area contributed by atoms with E-state index >= 15 is 0 Å². The van der Waals surface area contributed by atoms with E-state index in [1.165, 1.54) is 34.6 Å². The van der Waals surface area contributed by atoms with Crippen LogP contribution in [0.15, 0.2) is 24.3 Å². The molecule has 3 atom stereocenters. The average Bonchev–Trinajstić information content (AvgIpc) is 2.86. The maximum atomic E-state index is 12.0. The topological polar surface area (TPSA) is 198 Å². The molecule has 0 rings (SSSR count). The number of ether oxygens (including phenoxy) is 4. The lowest BCUT2D eigenvalue weighted by Crippen LogP contribution is -2.34. The summed E-state index contributed by atoms with van der Waals surface area (Å²) < 4.78 is 17.9. The van der Waals surface area contributed by atoms with Crippen LogP contribution in [0.3, 0.4) is 0 Å². The Bertz CT molecular complexity index is 1020.